The van der Waals surface area contributed by atoms with E-state index in [1.54, 1.807) is 30.5 Å². The van der Waals surface area contributed by atoms with Crippen molar-refractivity contribution in [3.63, 3.8) is 0 Å². The van der Waals surface area contributed by atoms with Crippen molar-refractivity contribution in [2.75, 3.05) is 6.54 Å². The molecule has 0 unspecified atom stereocenters. The summed E-state index contributed by atoms with van der Waals surface area (Å²) in [5.41, 5.74) is 7.32. The molecule has 7 heteroatoms. The van der Waals surface area contributed by atoms with E-state index in [1.807, 2.05) is 62.4 Å². The van der Waals surface area contributed by atoms with E-state index in [2.05, 4.69) is 31.3 Å². The number of amides is 1. The lowest BCUT2D eigenvalue weighted by Gasteiger charge is -2.22. The third kappa shape index (κ3) is 7.34. The highest BCUT2D eigenvalue weighted by Crippen LogP contribution is 2.22. The fourth-order valence-corrected chi connectivity index (χ4v) is 4.93. The van der Waals surface area contributed by atoms with Gasteiger partial charge in [-0.1, -0.05) is 92.6 Å². The fourth-order valence-electron chi connectivity index (χ4n) is 3.54. The second-order valence-corrected chi connectivity index (χ2v) is 11.7. The molecule has 0 bridgehead atoms. The van der Waals surface area contributed by atoms with Crippen LogP contribution < -0.4 is 5.43 Å². The normalized spacial score (nSPS) is 12.3. The van der Waals surface area contributed by atoms with Gasteiger partial charge in [-0.05, 0) is 48.1 Å². The van der Waals surface area contributed by atoms with Gasteiger partial charge < -0.3 is 0 Å². The van der Waals surface area contributed by atoms with Crippen LogP contribution >= 0.6 is 0 Å². The number of benzene rings is 3. The van der Waals surface area contributed by atoms with Gasteiger partial charge in [-0.2, -0.15) is 9.41 Å². The number of hydrogen-bond acceptors (Lipinski definition) is 4. The Balaban J connectivity index is 1.75. The van der Waals surface area contributed by atoms with Crippen LogP contribution in [0.1, 0.15) is 48.6 Å². The quantitative estimate of drug-likeness (QED) is 0.358. The molecule has 3 aromatic carbocycles. The van der Waals surface area contributed by atoms with Gasteiger partial charge in [-0.15, -0.1) is 0 Å². The largest absolute Gasteiger partial charge is 0.272 e. The molecule has 0 atom stereocenters. The molecular weight excluding hydrogens is 458 g/mol. The molecular formula is C28H33N3O3S. The van der Waals surface area contributed by atoms with E-state index in [1.165, 1.54) is 9.87 Å². The summed E-state index contributed by atoms with van der Waals surface area (Å²) in [6, 6.07) is 22.1. The zero-order valence-electron chi connectivity index (χ0n) is 20.9. The second kappa shape index (κ2) is 11.0. The summed E-state index contributed by atoms with van der Waals surface area (Å²) in [4.78, 5) is 12.8. The molecule has 0 aromatic heterocycles. The summed E-state index contributed by atoms with van der Waals surface area (Å²) in [6.07, 6.45) is 1.55. The number of hydrogen-bond donors (Lipinski definition) is 1. The number of aryl methyl sites for hydroxylation is 2. The number of carbonyl (C=O) groups is 1. The number of sulfonamides is 1. The first-order valence-corrected chi connectivity index (χ1v) is 12.9. The van der Waals surface area contributed by atoms with Gasteiger partial charge in [0.25, 0.3) is 5.91 Å². The molecule has 0 saturated heterocycles. The number of carbonyl (C=O) groups excluding carboxylic acids is 1. The van der Waals surface area contributed by atoms with E-state index in [4.69, 9.17) is 0 Å². The van der Waals surface area contributed by atoms with Gasteiger partial charge in [0.15, 0.2) is 0 Å². The van der Waals surface area contributed by atoms with E-state index < -0.39 is 15.9 Å². The molecule has 6 nitrogen and oxygen atoms in total. The van der Waals surface area contributed by atoms with Crippen LogP contribution in [-0.2, 0) is 26.8 Å². The predicted molar refractivity (Wildman–Crippen MR) is 141 cm³/mol. The molecule has 1 N–H and O–H groups in total. The van der Waals surface area contributed by atoms with Crippen molar-refractivity contribution in [3.05, 3.63) is 101 Å². The first-order valence-electron chi connectivity index (χ1n) is 11.5. The molecule has 3 rings (SSSR count). The minimum atomic E-state index is -3.90. The van der Waals surface area contributed by atoms with Crippen molar-refractivity contribution in [3.8, 4) is 0 Å². The monoisotopic (exact) mass is 491 g/mol. The highest BCUT2D eigenvalue weighted by Gasteiger charge is 2.27. The van der Waals surface area contributed by atoms with Gasteiger partial charge in [-0.3, -0.25) is 4.79 Å². The van der Waals surface area contributed by atoms with Gasteiger partial charge in [0, 0.05) is 6.54 Å². The van der Waals surface area contributed by atoms with E-state index >= 15 is 0 Å². The number of rotatable bonds is 8. The van der Waals surface area contributed by atoms with Crippen molar-refractivity contribution < 1.29 is 13.2 Å². The Morgan fingerprint density at radius 3 is 2.20 bits per heavy atom. The third-order valence-electron chi connectivity index (χ3n) is 5.60. The smallest absolute Gasteiger partial charge is 0.255 e. The van der Waals surface area contributed by atoms with Crippen LogP contribution in [0.3, 0.4) is 0 Å². The van der Waals surface area contributed by atoms with Crippen LogP contribution in [0.4, 0.5) is 0 Å². The van der Waals surface area contributed by atoms with Crippen molar-refractivity contribution in [1.82, 2.24) is 9.73 Å². The number of hydrazone groups is 1. The van der Waals surface area contributed by atoms with Crippen molar-refractivity contribution in [1.29, 1.82) is 0 Å². The van der Waals surface area contributed by atoms with Crippen LogP contribution in [0.15, 0.2) is 82.8 Å². The highest BCUT2D eigenvalue weighted by molar-refractivity contribution is 7.89. The predicted octanol–water partition coefficient (Wildman–Crippen LogP) is 4.94. The standard InChI is InChI=1S/C28H33N3O3S/c1-21-9-15-26(16-10-21)35(33,34)31(19-24-8-6-7-22(2)17-24)20-27(32)30-29-18-23-11-13-25(14-12-23)28(3,4)5/h6-18H,19-20H2,1-5H3,(H,30,32)/b29-18-. The lowest BCUT2D eigenvalue weighted by atomic mass is 9.87. The molecule has 0 heterocycles. The van der Waals surface area contributed by atoms with Gasteiger partial charge in [0.1, 0.15) is 0 Å². The van der Waals surface area contributed by atoms with Crippen molar-refractivity contribution >= 4 is 22.1 Å². The lowest BCUT2D eigenvalue weighted by molar-refractivity contribution is -0.121. The van der Waals surface area contributed by atoms with Gasteiger partial charge in [-0.25, -0.2) is 13.8 Å². The minimum absolute atomic E-state index is 0.0492. The van der Waals surface area contributed by atoms with Crippen LogP contribution in [-0.4, -0.2) is 31.4 Å². The zero-order chi connectivity index (χ0) is 25.6. The molecule has 0 fully saturated rings. The summed E-state index contributed by atoms with van der Waals surface area (Å²) in [6.45, 7) is 9.98. The Hall–Kier alpha value is -3.29. The average molecular weight is 492 g/mol. The molecule has 35 heavy (non-hydrogen) atoms. The van der Waals surface area contributed by atoms with Crippen molar-refractivity contribution in [2.24, 2.45) is 5.10 Å². The van der Waals surface area contributed by atoms with E-state index in [0.29, 0.717) is 0 Å². The Kier molecular flexibility index (Phi) is 8.25. The summed E-state index contributed by atoms with van der Waals surface area (Å²) >= 11 is 0. The molecule has 0 spiro atoms. The van der Waals surface area contributed by atoms with E-state index in [9.17, 15) is 13.2 Å². The van der Waals surface area contributed by atoms with Gasteiger partial charge >= 0.3 is 0 Å². The first-order chi connectivity index (χ1) is 16.4. The Labute approximate surface area is 208 Å². The maximum atomic E-state index is 13.4. The summed E-state index contributed by atoms with van der Waals surface area (Å²) < 4.78 is 27.9. The molecule has 0 aliphatic rings. The maximum absolute atomic E-state index is 13.4. The van der Waals surface area contributed by atoms with Crippen LogP contribution in [0.25, 0.3) is 0 Å². The van der Waals surface area contributed by atoms with E-state index in [-0.39, 0.29) is 23.4 Å². The number of nitrogens with one attached hydrogen (secondary N) is 1. The summed E-state index contributed by atoms with van der Waals surface area (Å²) in [5.74, 6) is -0.518. The van der Waals surface area contributed by atoms with Gasteiger partial charge in [0.2, 0.25) is 10.0 Å². The Morgan fingerprint density at radius 1 is 0.943 bits per heavy atom. The minimum Gasteiger partial charge on any atom is -0.272 e. The third-order valence-corrected chi connectivity index (χ3v) is 7.41. The molecule has 0 radical (unpaired) electrons. The fraction of sp³-hybridized carbons (Fsp3) is 0.286. The topological polar surface area (TPSA) is 78.8 Å². The molecule has 0 aliphatic carbocycles. The molecule has 1 amide bonds. The Bertz CT molecular complexity index is 1290. The molecule has 0 saturated carbocycles. The van der Waals surface area contributed by atoms with Gasteiger partial charge in [0.05, 0.1) is 17.7 Å². The molecule has 3 aromatic rings. The van der Waals surface area contributed by atoms with E-state index in [0.717, 1.165) is 22.3 Å². The van der Waals surface area contributed by atoms with Crippen molar-refractivity contribution in [2.45, 2.75) is 51.5 Å². The highest BCUT2D eigenvalue weighted by atomic mass is 32.2. The second-order valence-electron chi connectivity index (χ2n) is 9.74. The first kappa shape index (κ1) is 26.3. The lowest BCUT2D eigenvalue weighted by Crippen LogP contribution is -2.39. The average Bonchev–Trinajstić information content (AvgIpc) is 2.79. The SMILES string of the molecule is Cc1ccc(S(=O)(=O)N(CC(=O)N/N=C\c2ccc(C(C)(C)C)cc2)Cc2cccc(C)c2)cc1. The maximum Gasteiger partial charge on any atom is 0.255 e. The van der Waals surface area contributed by atoms with Crippen LogP contribution in [0.5, 0.6) is 0 Å². The zero-order valence-corrected chi connectivity index (χ0v) is 21.8. The summed E-state index contributed by atoms with van der Waals surface area (Å²) in [7, 11) is -3.90. The molecule has 0 aliphatic heterocycles. The summed E-state index contributed by atoms with van der Waals surface area (Å²) in [5, 5.41) is 4.03. The molecule has 184 valence electrons. The number of nitrogens with zero attached hydrogens (tertiary/aromatic N) is 2. The van der Waals surface area contributed by atoms with Crippen LogP contribution in [0, 0.1) is 13.8 Å². The van der Waals surface area contributed by atoms with Crippen LogP contribution in [0.2, 0.25) is 0 Å². The Morgan fingerprint density at radius 2 is 1.60 bits per heavy atom.